The second-order valence-electron chi connectivity index (χ2n) is 6.40. The monoisotopic (exact) mass is 241 g/mol. The lowest BCUT2D eigenvalue weighted by molar-refractivity contribution is 0.390. The van der Waals surface area contributed by atoms with Crippen LogP contribution < -0.4 is 5.73 Å². The summed E-state index contributed by atoms with van der Waals surface area (Å²) in [5.74, 6) is 2.68. The summed E-state index contributed by atoms with van der Waals surface area (Å²) in [4.78, 5) is 0. The first-order chi connectivity index (χ1) is 8.06. The van der Waals surface area contributed by atoms with Gasteiger partial charge in [-0.05, 0) is 37.1 Å². The fraction of sp³-hybridized carbons (Fsp3) is 1.00. The molecule has 1 nitrogen and oxygen atoms in total. The summed E-state index contributed by atoms with van der Waals surface area (Å²) in [5.41, 5.74) is 5.53. The molecule has 2 N–H and O–H groups in total. The summed E-state index contributed by atoms with van der Waals surface area (Å²) in [5, 5.41) is 0. The number of nitrogens with two attached hydrogens (primary N) is 1. The summed E-state index contributed by atoms with van der Waals surface area (Å²) in [6.07, 6.45) is 11.0. The molecule has 2 unspecified atom stereocenters. The van der Waals surface area contributed by atoms with Crippen LogP contribution in [0.2, 0.25) is 0 Å². The van der Waals surface area contributed by atoms with E-state index in [0.29, 0.717) is 0 Å². The van der Waals surface area contributed by atoms with Crippen molar-refractivity contribution in [1.29, 1.82) is 0 Å². The van der Waals surface area contributed by atoms with E-state index in [9.17, 15) is 0 Å². The maximum absolute atomic E-state index is 5.53. The Balaban J connectivity index is 3.34. The minimum Gasteiger partial charge on any atom is -0.330 e. The zero-order chi connectivity index (χ0) is 13.1. The van der Waals surface area contributed by atoms with Crippen LogP contribution in [0.5, 0.6) is 0 Å². The number of hydrogen-bond acceptors (Lipinski definition) is 1. The van der Waals surface area contributed by atoms with Gasteiger partial charge in [0.1, 0.15) is 0 Å². The van der Waals surface area contributed by atoms with Gasteiger partial charge in [-0.15, -0.1) is 0 Å². The zero-order valence-corrected chi connectivity index (χ0v) is 12.7. The van der Waals surface area contributed by atoms with Gasteiger partial charge in [0, 0.05) is 0 Å². The third kappa shape index (κ3) is 12.2. The highest BCUT2D eigenvalue weighted by Gasteiger charge is 2.05. The molecule has 0 aromatic carbocycles. The maximum atomic E-state index is 5.53. The Hall–Kier alpha value is -0.0400. The SMILES string of the molecule is CC(C)CCCC(C)CCCC(C)CCCN. The highest BCUT2D eigenvalue weighted by molar-refractivity contribution is 4.59. The molecule has 0 rings (SSSR count). The average Bonchev–Trinajstić information content (AvgIpc) is 2.25. The van der Waals surface area contributed by atoms with Crippen molar-refractivity contribution in [1.82, 2.24) is 0 Å². The molecule has 17 heavy (non-hydrogen) atoms. The summed E-state index contributed by atoms with van der Waals surface area (Å²) < 4.78 is 0. The molecule has 2 atom stereocenters. The van der Waals surface area contributed by atoms with Gasteiger partial charge >= 0.3 is 0 Å². The van der Waals surface area contributed by atoms with Crippen molar-refractivity contribution in [2.45, 2.75) is 79.1 Å². The lowest BCUT2D eigenvalue weighted by Crippen LogP contribution is -2.03. The van der Waals surface area contributed by atoms with E-state index in [-0.39, 0.29) is 0 Å². The van der Waals surface area contributed by atoms with Crippen LogP contribution in [0, 0.1) is 17.8 Å². The van der Waals surface area contributed by atoms with Crippen molar-refractivity contribution < 1.29 is 0 Å². The summed E-state index contributed by atoms with van der Waals surface area (Å²) in [7, 11) is 0. The van der Waals surface area contributed by atoms with E-state index < -0.39 is 0 Å². The highest BCUT2D eigenvalue weighted by Crippen LogP contribution is 2.20. The van der Waals surface area contributed by atoms with E-state index in [0.717, 1.165) is 24.3 Å². The minimum atomic E-state index is 0.857. The van der Waals surface area contributed by atoms with Gasteiger partial charge in [0.2, 0.25) is 0 Å². The molecule has 0 saturated carbocycles. The third-order valence-electron chi connectivity index (χ3n) is 3.77. The molecule has 0 spiro atoms. The molecule has 0 aliphatic heterocycles. The quantitative estimate of drug-likeness (QED) is 0.541. The molecule has 0 radical (unpaired) electrons. The van der Waals surface area contributed by atoms with E-state index >= 15 is 0 Å². The van der Waals surface area contributed by atoms with E-state index in [1.807, 2.05) is 0 Å². The van der Waals surface area contributed by atoms with Crippen LogP contribution in [0.1, 0.15) is 79.1 Å². The van der Waals surface area contributed by atoms with Gasteiger partial charge in [0.05, 0.1) is 0 Å². The zero-order valence-electron chi connectivity index (χ0n) is 12.7. The topological polar surface area (TPSA) is 26.0 Å². The summed E-state index contributed by atoms with van der Waals surface area (Å²) >= 11 is 0. The van der Waals surface area contributed by atoms with Crippen LogP contribution in [0.3, 0.4) is 0 Å². The van der Waals surface area contributed by atoms with Crippen LogP contribution in [0.4, 0.5) is 0 Å². The van der Waals surface area contributed by atoms with Gasteiger partial charge < -0.3 is 5.73 Å². The Labute approximate surface area is 110 Å². The number of hydrogen-bond donors (Lipinski definition) is 1. The first-order valence-electron chi connectivity index (χ1n) is 7.76. The highest BCUT2D eigenvalue weighted by atomic mass is 14.5. The van der Waals surface area contributed by atoms with E-state index in [1.54, 1.807) is 0 Å². The Bertz CT molecular complexity index is 154. The smallest absolute Gasteiger partial charge is 0.00772 e. The molecule has 0 fully saturated rings. The average molecular weight is 241 g/mol. The van der Waals surface area contributed by atoms with Gasteiger partial charge in [-0.3, -0.25) is 0 Å². The third-order valence-corrected chi connectivity index (χ3v) is 3.77. The largest absolute Gasteiger partial charge is 0.330 e. The molecule has 0 aliphatic carbocycles. The molecule has 1 heteroatoms. The first kappa shape index (κ1) is 17.0. The molecule has 104 valence electrons. The lowest BCUT2D eigenvalue weighted by atomic mass is 9.92. The Morgan fingerprint density at radius 1 is 0.647 bits per heavy atom. The first-order valence-corrected chi connectivity index (χ1v) is 7.76. The Morgan fingerprint density at radius 2 is 1.06 bits per heavy atom. The van der Waals surface area contributed by atoms with Crippen LogP contribution in [0.15, 0.2) is 0 Å². The minimum absolute atomic E-state index is 0.857. The molecule has 0 aromatic heterocycles. The van der Waals surface area contributed by atoms with Crippen LogP contribution >= 0.6 is 0 Å². The summed E-state index contributed by atoms with van der Waals surface area (Å²) in [6.45, 7) is 10.3. The molecule has 0 saturated heterocycles. The van der Waals surface area contributed by atoms with E-state index in [2.05, 4.69) is 27.7 Å². The Morgan fingerprint density at radius 3 is 1.47 bits per heavy atom. The van der Waals surface area contributed by atoms with Gasteiger partial charge in [-0.2, -0.15) is 0 Å². The van der Waals surface area contributed by atoms with Crippen molar-refractivity contribution in [2.24, 2.45) is 23.5 Å². The lowest BCUT2D eigenvalue weighted by Gasteiger charge is -2.14. The van der Waals surface area contributed by atoms with Gasteiger partial charge in [-0.25, -0.2) is 0 Å². The molecular weight excluding hydrogens is 206 g/mol. The predicted octanol–water partition coefficient (Wildman–Crippen LogP) is 4.99. The molecule has 0 bridgehead atoms. The molecular formula is C16H35N. The summed E-state index contributed by atoms with van der Waals surface area (Å²) in [6, 6.07) is 0. The van der Waals surface area contributed by atoms with Crippen molar-refractivity contribution >= 4 is 0 Å². The van der Waals surface area contributed by atoms with E-state index in [1.165, 1.54) is 51.4 Å². The van der Waals surface area contributed by atoms with Crippen molar-refractivity contribution in [2.75, 3.05) is 6.54 Å². The van der Waals surface area contributed by atoms with Crippen molar-refractivity contribution in [3.8, 4) is 0 Å². The number of rotatable bonds is 11. The van der Waals surface area contributed by atoms with Crippen molar-refractivity contribution in [3.05, 3.63) is 0 Å². The molecule has 0 aliphatic rings. The standard InChI is InChI=1S/C16H35N/c1-14(2)8-5-9-15(3)10-6-11-16(4)12-7-13-17/h14-16H,5-13,17H2,1-4H3. The van der Waals surface area contributed by atoms with Gasteiger partial charge in [0.25, 0.3) is 0 Å². The second kappa shape index (κ2) is 11.1. The second-order valence-corrected chi connectivity index (χ2v) is 6.40. The van der Waals surface area contributed by atoms with Gasteiger partial charge in [-0.1, -0.05) is 66.2 Å². The molecule has 0 aromatic rings. The van der Waals surface area contributed by atoms with Gasteiger partial charge in [0.15, 0.2) is 0 Å². The normalized spacial score (nSPS) is 15.2. The van der Waals surface area contributed by atoms with Crippen LogP contribution in [0.25, 0.3) is 0 Å². The van der Waals surface area contributed by atoms with Crippen LogP contribution in [-0.2, 0) is 0 Å². The van der Waals surface area contributed by atoms with Crippen LogP contribution in [-0.4, -0.2) is 6.54 Å². The molecule has 0 amide bonds. The predicted molar refractivity (Wildman–Crippen MR) is 79.2 cm³/mol. The fourth-order valence-corrected chi connectivity index (χ4v) is 2.44. The van der Waals surface area contributed by atoms with Crippen molar-refractivity contribution in [3.63, 3.8) is 0 Å². The molecule has 0 heterocycles. The fourth-order valence-electron chi connectivity index (χ4n) is 2.44. The maximum Gasteiger partial charge on any atom is -0.00772 e. The van der Waals surface area contributed by atoms with E-state index in [4.69, 9.17) is 5.73 Å². The Kier molecular flexibility index (Phi) is 11.0.